The van der Waals surface area contributed by atoms with Crippen LogP contribution >= 0.6 is 15.9 Å². The first-order chi connectivity index (χ1) is 10.5. The number of anilines is 1. The first kappa shape index (κ1) is 14.3. The van der Waals surface area contributed by atoms with E-state index >= 15 is 0 Å². The van der Waals surface area contributed by atoms with Gasteiger partial charge in [0.15, 0.2) is 0 Å². The maximum atomic E-state index is 11.5. The molecule has 0 aliphatic heterocycles. The minimum absolute atomic E-state index is 0.127. The van der Waals surface area contributed by atoms with Crippen molar-refractivity contribution in [2.24, 2.45) is 5.73 Å². The normalized spacial score (nSPS) is 10.8. The van der Waals surface area contributed by atoms with Gasteiger partial charge in [-0.2, -0.15) is 0 Å². The van der Waals surface area contributed by atoms with E-state index in [2.05, 4.69) is 32.5 Å². The van der Waals surface area contributed by atoms with Gasteiger partial charge in [-0.3, -0.25) is 4.79 Å². The maximum Gasteiger partial charge on any atom is 0.267 e. The molecule has 110 valence electrons. The Labute approximate surface area is 135 Å². The average molecular weight is 357 g/mol. The van der Waals surface area contributed by atoms with Crippen LogP contribution in [-0.2, 0) is 0 Å². The molecular formula is C16H13BrN4O. The lowest BCUT2D eigenvalue weighted by Gasteiger charge is -2.10. The van der Waals surface area contributed by atoms with Crippen LogP contribution in [0.1, 0.15) is 16.1 Å². The molecule has 0 bridgehead atoms. The van der Waals surface area contributed by atoms with Gasteiger partial charge in [-0.05, 0) is 29.8 Å². The number of amides is 1. The van der Waals surface area contributed by atoms with Crippen molar-refractivity contribution in [2.45, 2.75) is 0 Å². The molecule has 0 atom stereocenters. The Hall–Kier alpha value is -2.60. The first-order valence-electron chi connectivity index (χ1n) is 6.51. The molecule has 3 aromatic rings. The third-order valence-electron chi connectivity index (χ3n) is 3.48. The molecule has 1 amide bonds. The lowest BCUT2D eigenvalue weighted by molar-refractivity contribution is 0.0996. The zero-order valence-corrected chi connectivity index (χ0v) is 13.1. The number of H-pyrrole nitrogens is 1. The lowest BCUT2D eigenvalue weighted by atomic mass is 9.99. The van der Waals surface area contributed by atoms with Crippen molar-refractivity contribution in [1.82, 2.24) is 9.97 Å². The van der Waals surface area contributed by atoms with Gasteiger partial charge in [0.05, 0.1) is 0 Å². The summed E-state index contributed by atoms with van der Waals surface area (Å²) < 4.78 is 0.957. The van der Waals surface area contributed by atoms with Crippen LogP contribution in [0.15, 0.2) is 41.5 Å². The molecule has 2 heterocycles. The van der Waals surface area contributed by atoms with Crippen LogP contribution in [0.25, 0.3) is 28.1 Å². The van der Waals surface area contributed by atoms with Crippen molar-refractivity contribution in [3.63, 3.8) is 0 Å². The zero-order valence-electron chi connectivity index (χ0n) is 11.6. The number of nitrogen functional groups attached to an aromatic ring is 1. The highest BCUT2D eigenvalue weighted by Gasteiger charge is 2.16. The predicted octanol–water partition coefficient (Wildman–Crippen LogP) is 3.32. The molecule has 0 aliphatic carbocycles. The van der Waals surface area contributed by atoms with Crippen LogP contribution in [-0.4, -0.2) is 15.9 Å². The topological polar surface area (TPSA) is 97.8 Å². The van der Waals surface area contributed by atoms with Crippen LogP contribution in [0.2, 0.25) is 0 Å². The lowest BCUT2D eigenvalue weighted by Crippen LogP contribution is -2.14. The summed E-state index contributed by atoms with van der Waals surface area (Å²) in [5, 5.41) is 0.999. The van der Waals surface area contributed by atoms with E-state index in [4.69, 9.17) is 11.5 Å². The van der Waals surface area contributed by atoms with Crippen LogP contribution in [0.3, 0.4) is 0 Å². The number of benzene rings is 1. The standard InChI is InChI=1S/C16H13BrN4O/c1-2-9-10(6-14(16(19)22)21-15(9)18)12-7-20-13-4-3-8(17)5-11(12)13/h2-7,20H,1H2,(H2,18,21)(H2,19,22). The van der Waals surface area contributed by atoms with Gasteiger partial charge in [0, 0.05) is 32.7 Å². The summed E-state index contributed by atoms with van der Waals surface area (Å²) in [6, 6.07) is 7.55. The molecule has 3 rings (SSSR count). The van der Waals surface area contributed by atoms with Gasteiger partial charge in [-0.1, -0.05) is 28.6 Å². The number of pyridine rings is 1. The van der Waals surface area contributed by atoms with E-state index in [0.717, 1.165) is 26.5 Å². The highest BCUT2D eigenvalue weighted by molar-refractivity contribution is 9.10. The molecule has 22 heavy (non-hydrogen) atoms. The number of nitrogens with one attached hydrogen (secondary N) is 1. The van der Waals surface area contributed by atoms with E-state index in [0.29, 0.717) is 5.56 Å². The van der Waals surface area contributed by atoms with Crippen molar-refractivity contribution in [3.05, 3.63) is 52.8 Å². The monoisotopic (exact) mass is 356 g/mol. The zero-order chi connectivity index (χ0) is 15.9. The molecule has 0 radical (unpaired) electrons. The van der Waals surface area contributed by atoms with E-state index in [1.165, 1.54) is 0 Å². The Morgan fingerprint density at radius 2 is 2.09 bits per heavy atom. The number of fused-ring (bicyclic) bond motifs is 1. The van der Waals surface area contributed by atoms with E-state index in [1.807, 2.05) is 24.4 Å². The number of aromatic amines is 1. The highest BCUT2D eigenvalue weighted by Crippen LogP contribution is 2.35. The fourth-order valence-corrected chi connectivity index (χ4v) is 2.82. The fourth-order valence-electron chi connectivity index (χ4n) is 2.45. The summed E-state index contributed by atoms with van der Waals surface area (Å²) in [4.78, 5) is 18.7. The van der Waals surface area contributed by atoms with Crippen molar-refractivity contribution in [2.75, 3.05) is 5.73 Å². The highest BCUT2D eigenvalue weighted by atomic mass is 79.9. The molecule has 5 N–H and O–H groups in total. The van der Waals surface area contributed by atoms with E-state index in [1.54, 1.807) is 12.1 Å². The SMILES string of the molecule is C=Cc1c(-c2c[nH]c3ccc(Br)cc23)cc(C(N)=O)nc1N. The second-order valence-corrected chi connectivity index (χ2v) is 5.73. The molecular weight excluding hydrogens is 344 g/mol. The summed E-state index contributed by atoms with van der Waals surface area (Å²) in [6.07, 6.45) is 3.49. The number of aromatic nitrogens is 2. The Morgan fingerprint density at radius 3 is 2.77 bits per heavy atom. The summed E-state index contributed by atoms with van der Waals surface area (Å²) in [6.45, 7) is 3.78. The first-order valence-corrected chi connectivity index (χ1v) is 7.30. The Morgan fingerprint density at radius 1 is 1.32 bits per heavy atom. The maximum absolute atomic E-state index is 11.5. The fraction of sp³-hybridized carbons (Fsp3) is 0. The smallest absolute Gasteiger partial charge is 0.267 e. The number of primary amides is 1. The van der Waals surface area contributed by atoms with Crippen LogP contribution in [0, 0.1) is 0 Å². The molecule has 0 unspecified atom stereocenters. The van der Waals surface area contributed by atoms with Crippen molar-refractivity contribution >= 4 is 44.6 Å². The summed E-state index contributed by atoms with van der Waals surface area (Å²) >= 11 is 3.47. The van der Waals surface area contributed by atoms with Gasteiger partial charge in [0.2, 0.25) is 0 Å². The largest absolute Gasteiger partial charge is 0.383 e. The van der Waals surface area contributed by atoms with Gasteiger partial charge in [-0.25, -0.2) is 4.98 Å². The van der Waals surface area contributed by atoms with E-state index in [9.17, 15) is 4.79 Å². The average Bonchev–Trinajstić information content (AvgIpc) is 2.89. The molecule has 0 aliphatic rings. The summed E-state index contributed by atoms with van der Waals surface area (Å²) in [7, 11) is 0. The second kappa shape index (κ2) is 5.31. The third kappa shape index (κ3) is 2.27. The third-order valence-corrected chi connectivity index (χ3v) is 3.97. The number of carbonyl (C=O) groups excluding carboxylic acids is 1. The summed E-state index contributed by atoms with van der Waals surface area (Å²) in [5.74, 6) is -0.393. The molecule has 1 aromatic carbocycles. The van der Waals surface area contributed by atoms with Crippen LogP contribution in [0.5, 0.6) is 0 Å². The Kier molecular flexibility index (Phi) is 3.46. The minimum Gasteiger partial charge on any atom is -0.383 e. The number of nitrogens with zero attached hydrogens (tertiary/aromatic N) is 1. The quantitative estimate of drug-likeness (QED) is 0.671. The Balaban J connectivity index is 2.36. The van der Waals surface area contributed by atoms with Crippen LogP contribution < -0.4 is 11.5 Å². The molecule has 0 saturated heterocycles. The number of hydrogen-bond donors (Lipinski definition) is 3. The molecule has 0 fully saturated rings. The molecule has 6 heteroatoms. The van der Waals surface area contributed by atoms with Gasteiger partial charge >= 0.3 is 0 Å². The Bertz CT molecular complexity index is 914. The van der Waals surface area contributed by atoms with Crippen molar-refractivity contribution < 1.29 is 4.79 Å². The van der Waals surface area contributed by atoms with E-state index < -0.39 is 5.91 Å². The van der Waals surface area contributed by atoms with Gasteiger partial charge in [0.1, 0.15) is 11.5 Å². The van der Waals surface area contributed by atoms with E-state index in [-0.39, 0.29) is 11.5 Å². The van der Waals surface area contributed by atoms with Crippen molar-refractivity contribution in [1.29, 1.82) is 0 Å². The van der Waals surface area contributed by atoms with Gasteiger partial charge < -0.3 is 16.5 Å². The molecule has 5 nitrogen and oxygen atoms in total. The van der Waals surface area contributed by atoms with Gasteiger partial charge in [-0.15, -0.1) is 0 Å². The minimum atomic E-state index is -0.621. The molecule has 2 aromatic heterocycles. The molecule has 0 saturated carbocycles. The van der Waals surface area contributed by atoms with Crippen molar-refractivity contribution in [3.8, 4) is 11.1 Å². The number of hydrogen-bond acceptors (Lipinski definition) is 3. The predicted molar refractivity (Wildman–Crippen MR) is 92.3 cm³/mol. The number of nitrogens with two attached hydrogens (primary N) is 2. The van der Waals surface area contributed by atoms with Gasteiger partial charge in [0.25, 0.3) is 5.91 Å². The number of carbonyl (C=O) groups is 1. The summed E-state index contributed by atoms with van der Waals surface area (Å²) in [5.41, 5.74) is 14.7. The molecule has 0 spiro atoms. The second-order valence-electron chi connectivity index (χ2n) is 4.81. The van der Waals surface area contributed by atoms with Crippen LogP contribution in [0.4, 0.5) is 5.82 Å². The number of halogens is 1. The number of rotatable bonds is 3.